The highest BCUT2D eigenvalue weighted by Crippen LogP contribution is 2.29. The average Bonchev–Trinajstić information content (AvgIpc) is 3.34. The molecule has 0 aliphatic carbocycles. The number of carbonyl (C=O) groups excluding carboxylic acids is 1. The minimum Gasteiger partial charge on any atom is -0.451 e. The first-order chi connectivity index (χ1) is 13.6. The van der Waals surface area contributed by atoms with Crippen LogP contribution in [0.5, 0.6) is 0 Å². The van der Waals surface area contributed by atoms with Crippen LogP contribution >= 0.6 is 11.3 Å². The highest BCUT2D eigenvalue weighted by molar-refractivity contribution is 7.17. The Balaban J connectivity index is 1.44. The maximum Gasteiger partial charge on any atom is 0.350 e. The maximum atomic E-state index is 13.1. The first-order valence-corrected chi connectivity index (χ1v) is 9.20. The summed E-state index contributed by atoms with van der Waals surface area (Å²) in [6.45, 7) is 1.59. The number of hydrogen-bond donors (Lipinski definition) is 0. The molecule has 0 amide bonds. The molecule has 140 valence electrons. The quantitative estimate of drug-likeness (QED) is 0.457. The summed E-state index contributed by atoms with van der Waals surface area (Å²) in [6.07, 6.45) is 0. The lowest BCUT2D eigenvalue weighted by Gasteiger charge is -2.00. The number of aromatic nitrogens is 3. The second-order valence-electron chi connectivity index (χ2n) is 5.88. The number of aryl methyl sites for hydroxylation is 1. The van der Waals surface area contributed by atoms with Crippen molar-refractivity contribution in [3.63, 3.8) is 0 Å². The Kier molecular flexibility index (Phi) is 4.94. The van der Waals surface area contributed by atoms with Crippen LogP contribution in [0.25, 0.3) is 22.0 Å². The fraction of sp³-hybridized carbons (Fsp3) is 0.100. The predicted octanol–water partition coefficient (Wildman–Crippen LogP) is 4.66. The SMILES string of the molecule is Cc1nc(-c2ccc(F)cc2)sc1C(=O)OCc1nnc(-c2ccccc2)o1. The number of thiazole rings is 1. The van der Waals surface area contributed by atoms with Crippen molar-refractivity contribution in [1.82, 2.24) is 15.2 Å². The van der Waals surface area contributed by atoms with Crippen molar-refractivity contribution >= 4 is 17.3 Å². The fourth-order valence-corrected chi connectivity index (χ4v) is 3.47. The van der Waals surface area contributed by atoms with Crippen molar-refractivity contribution in [2.75, 3.05) is 0 Å². The van der Waals surface area contributed by atoms with Crippen LogP contribution in [0, 0.1) is 12.7 Å². The summed E-state index contributed by atoms with van der Waals surface area (Å²) in [7, 11) is 0. The van der Waals surface area contributed by atoms with E-state index in [1.165, 1.54) is 23.5 Å². The van der Waals surface area contributed by atoms with Crippen LogP contribution in [-0.2, 0) is 11.3 Å². The Morgan fingerprint density at radius 1 is 1.07 bits per heavy atom. The van der Waals surface area contributed by atoms with E-state index in [4.69, 9.17) is 9.15 Å². The third-order valence-electron chi connectivity index (χ3n) is 3.89. The van der Waals surface area contributed by atoms with E-state index in [1.807, 2.05) is 30.3 Å². The second kappa shape index (κ2) is 7.69. The summed E-state index contributed by atoms with van der Waals surface area (Å²) in [5.41, 5.74) is 2.07. The first-order valence-electron chi connectivity index (χ1n) is 8.38. The molecule has 0 N–H and O–H groups in total. The Labute approximate surface area is 163 Å². The largest absolute Gasteiger partial charge is 0.451 e. The molecule has 0 atom stereocenters. The van der Waals surface area contributed by atoms with E-state index in [0.29, 0.717) is 21.5 Å². The van der Waals surface area contributed by atoms with Crippen LogP contribution in [0.4, 0.5) is 4.39 Å². The second-order valence-corrected chi connectivity index (χ2v) is 6.88. The van der Waals surface area contributed by atoms with Crippen LogP contribution in [0.15, 0.2) is 59.0 Å². The highest BCUT2D eigenvalue weighted by atomic mass is 32.1. The lowest BCUT2D eigenvalue weighted by molar-refractivity contribution is 0.0443. The first kappa shape index (κ1) is 18.0. The van der Waals surface area contributed by atoms with Gasteiger partial charge < -0.3 is 9.15 Å². The summed E-state index contributed by atoms with van der Waals surface area (Å²) >= 11 is 1.19. The summed E-state index contributed by atoms with van der Waals surface area (Å²) in [4.78, 5) is 17.2. The number of rotatable bonds is 5. The van der Waals surface area contributed by atoms with Gasteiger partial charge in [-0.3, -0.25) is 0 Å². The molecule has 0 fully saturated rings. The Morgan fingerprint density at radius 3 is 2.57 bits per heavy atom. The molecule has 0 unspecified atom stereocenters. The van der Waals surface area contributed by atoms with Gasteiger partial charge in [-0.1, -0.05) is 18.2 Å². The zero-order valence-electron chi connectivity index (χ0n) is 14.8. The molecular formula is C20H14FN3O3S. The minimum absolute atomic E-state index is 0.137. The monoisotopic (exact) mass is 395 g/mol. The molecule has 4 aromatic rings. The normalized spacial score (nSPS) is 10.8. The van der Waals surface area contributed by atoms with Crippen molar-refractivity contribution in [3.8, 4) is 22.0 Å². The lowest BCUT2D eigenvalue weighted by atomic mass is 10.2. The molecule has 4 rings (SSSR count). The number of benzene rings is 2. The number of hydrogen-bond acceptors (Lipinski definition) is 7. The van der Waals surface area contributed by atoms with E-state index < -0.39 is 5.97 Å². The van der Waals surface area contributed by atoms with Crippen LogP contribution < -0.4 is 0 Å². The van der Waals surface area contributed by atoms with Gasteiger partial charge in [-0.15, -0.1) is 21.5 Å². The number of nitrogens with zero attached hydrogens (tertiary/aromatic N) is 3. The third-order valence-corrected chi connectivity index (χ3v) is 5.07. The molecular weight excluding hydrogens is 381 g/mol. The molecule has 6 nitrogen and oxygen atoms in total. The van der Waals surface area contributed by atoms with E-state index in [0.717, 1.165) is 11.1 Å². The molecule has 0 saturated heterocycles. The highest BCUT2D eigenvalue weighted by Gasteiger charge is 2.19. The van der Waals surface area contributed by atoms with Gasteiger partial charge in [0.2, 0.25) is 5.89 Å². The van der Waals surface area contributed by atoms with Crippen molar-refractivity contribution in [2.45, 2.75) is 13.5 Å². The molecule has 2 aromatic heterocycles. The third kappa shape index (κ3) is 3.81. The molecule has 0 spiro atoms. The van der Waals surface area contributed by atoms with Gasteiger partial charge in [-0.25, -0.2) is 14.2 Å². The van der Waals surface area contributed by atoms with Gasteiger partial charge in [0, 0.05) is 11.1 Å². The summed E-state index contributed by atoms with van der Waals surface area (Å²) in [5, 5.41) is 8.48. The Hall–Kier alpha value is -3.39. The number of carbonyl (C=O) groups is 1. The molecule has 0 aliphatic rings. The number of halogens is 1. The van der Waals surface area contributed by atoms with Crippen molar-refractivity contribution in [2.24, 2.45) is 0 Å². The average molecular weight is 395 g/mol. The summed E-state index contributed by atoms with van der Waals surface area (Å²) in [6, 6.07) is 15.3. The van der Waals surface area contributed by atoms with Gasteiger partial charge in [0.05, 0.1) is 5.69 Å². The molecule has 0 radical (unpaired) electrons. The van der Waals surface area contributed by atoms with Gasteiger partial charge in [-0.05, 0) is 43.3 Å². The summed E-state index contributed by atoms with van der Waals surface area (Å²) in [5.74, 6) is -0.291. The Morgan fingerprint density at radius 2 is 1.82 bits per heavy atom. The minimum atomic E-state index is -0.525. The topological polar surface area (TPSA) is 78.1 Å². The maximum absolute atomic E-state index is 13.1. The van der Waals surface area contributed by atoms with Crippen molar-refractivity contribution in [3.05, 3.63) is 76.9 Å². The molecule has 8 heteroatoms. The van der Waals surface area contributed by atoms with E-state index in [2.05, 4.69) is 15.2 Å². The predicted molar refractivity (Wildman–Crippen MR) is 101 cm³/mol. The Bertz CT molecular complexity index is 1110. The molecule has 2 aromatic carbocycles. The van der Waals surface area contributed by atoms with Gasteiger partial charge in [-0.2, -0.15) is 0 Å². The van der Waals surface area contributed by atoms with Gasteiger partial charge in [0.15, 0.2) is 6.61 Å². The van der Waals surface area contributed by atoms with E-state index in [9.17, 15) is 9.18 Å². The van der Waals surface area contributed by atoms with E-state index in [1.54, 1.807) is 19.1 Å². The van der Waals surface area contributed by atoms with Crippen LogP contribution in [0.3, 0.4) is 0 Å². The lowest BCUT2D eigenvalue weighted by Crippen LogP contribution is -2.05. The van der Waals surface area contributed by atoms with Crippen LogP contribution in [-0.4, -0.2) is 21.2 Å². The van der Waals surface area contributed by atoms with Crippen LogP contribution in [0.2, 0.25) is 0 Å². The molecule has 0 bridgehead atoms. The van der Waals surface area contributed by atoms with E-state index in [-0.39, 0.29) is 18.3 Å². The molecule has 2 heterocycles. The standard InChI is InChI=1S/C20H14FN3O3S/c1-12-17(28-19(22-12)14-7-9-15(21)10-8-14)20(25)26-11-16-23-24-18(27-16)13-5-3-2-4-6-13/h2-10H,11H2,1H3. The van der Waals surface area contributed by atoms with Gasteiger partial charge in [0.25, 0.3) is 5.89 Å². The van der Waals surface area contributed by atoms with E-state index >= 15 is 0 Å². The van der Waals surface area contributed by atoms with Crippen LogP contribution in [0.1, 0.15) is 21.3 Å². The van der Waals surface area contributed by atoms with Crippen molar-refractivity contribution in [1.29, 1.82) is 0 Å². The molecule has 28 heavy (non-hydrogen) atoms. The molecule has 0 aliphatic heterocycles. The zero-order valence-corrected chi connectivity index (χ0v) is 15.6. The van der Waals surface area contributed by atoms with Crippen molar-refractivity contribution < 1.29 is 18.3 Å². The number of esters is 1. The fourth-order valence-electron chi connectivity index (χ4n) is 2.50. The number of ether oxygens (including phenoxy) is 1. The molecule has 0 saturated carbocycles. The summed E-state index contributed by atoms with van der Waals surface area (Å²) < 4.78 is 23.9. The smallest absolute Gasteiger partial charge is 0.350 e. The zero-order chi connectivity index (χ0) is 19.5. The van der Waals surface area contributed by atoms with Gasteiger partial charge >= 0.3 is 5.97 Å². The van der Waals surface area contributed by atoms with Gasteiger partial charge in [0.1, 0.15) is 15.7 Å².